The van der Waals surface area contributed by atoms with Gasteiger partial charge in [-0.05, 0) is 62.9 Å². The van der Waals surface area contributed by atoms with Crippen molar-refractivity contribution in [1.82, 2.24) is 9.88 Å². The third-order valence-electron chi connectivity index (χ3n) is 8.75. The number of ether oxygens (including phenoxy) is 1. The molecule has 3 aromatic rings. The number of H-pyrrole nitrogens is 1. The summed E-state index contributed by atoms with van der Waals surface area (Å²) in [4.78, 5) is 36.7. The Hall–Kier alpha value is -3.73. The Morgan fingerprint density at radius 3 is 2.15 bits per heavy atom. The summed E-state index contributed by atoms with van der Waals surface area (Å²) >= 11 is 0. The molecule has 0 amide bonds. The van der Waals surface area contributed by atoms with Gasteiger partial charge in [0.1, 0.15) is 5.60 Å². The van der Waals surface area contributed by atoms with Gasteiger partial charge in [0.25, 0.3) is 0 Å². The van der Waals surface area contributed by atoms with Crippen molar-refractivity contribution in [2.45, 2.75) is 62.2 Å². The van der Waals surface area contributed by atoms with Crippen molar-refractivity contribution in [1.29, 1.82) is 0 Å². The van der Waals surface area contributed by atoms with Crippen molar-refractivity contribution < 1.29 is 39.5 Å². The Bertz CT molecular complexity index is 1400. The van der Waals surface area contributed by atoms with Crippen LogP contribution in [0.5, 0.6) is 0 Å². The molecule has 1 aromatic heterocycles. The van der Waals surface area contributed by atoms with Gasteiger partial charge in [0, 0.05) is 16.4 Å². The number of hydrogen-bond acceptors (Lipinski definition) is 6. The molecule has 0 saturated heterocycles. The van der Waals surface area contributed by atoms with E-state index in [4.69, 9.17) is 25.2 Å². The van der Waals surface area contributed by atoms with Crippen LogP contribution in [0.25, 0.3) is 10.9 Å². The Morgan fingerprint density at radius 2 is 1.59 bits per heavy atom. The van der Waals surface area contributed by atoms with Gasteiger partial charge in [-0.15, -0.1) is 0 Å². The van der Waals surface area contributed by atoms with Crippen LogP contribution in [-0.4, -0.2) is 74.5 Å². The maximum absolute atomic E-state index is 10.3. The summed E-state index contributed by atoms with van der Waals surface area (Å²) in [6.45, 7) is 3.21. The first kappa shape index (κ1) is 30.2. The van der Waals surface area contributed by atoms with E-state index in [-0.39, 0.29) is 11.1 Å². The smallest absolute Gasteiger partial charge is 0.336 e. The van der Waals surface area contributed by atoms with E-state index in [9.17, 15) is 14.4 Å². The lowest BCUT2D eigenvalue weighted by molar-refractivity contribution is -0.170. The molecule has 0 radical (unpaired) electrons. The normalized spacial score (nSPS) is 24.0. The van der Waals surface area contributed by atoms with Crippen LogP contribution >= 0.6 is 0 Å². The fourth-order valence-corrected chi connectivity index (χ4v) is 6.62. The number of fused-ring (bicyclic) bond motifs is 4. The minimum atomic E-state index is -2.74. The highest BCUT2D eigenvalue weighted by atomic mass is 16.5. The summed E-state index contributed by atoms with van der Waals surface area (Å²) in [6, 6.07) is 19.8. The fraction of sp³-hybridized carbons (Fsp3) is 0.452. The molecule has 2 aromatic carbocycles. The van der Waals surface area contributed by atoms with Crippen LogP contribution in [0.1, 0.15) is 55.8 Å². The Morgan fingerprint density at radius 1 is 0.976 bits per heavy atom. The zero-order chi connectivity index (χ0) is 30.0. The van der Waals surface area contributed by atoms with Gasteiger partial charge in [-0.25, -0.2) is 4.79 Å². The summed E-state index contributed by atoms with van der Waals surface area (Å²) in [6.07, 6.45) is 1.96. The van der Waals surface area contributed by atoms with E-state index in [0.29, 0.717) is 5.92 Å². The molecule has 3 atom stereocenters. The predicted molar refractivity (Wildman–Crippen MR) is 152 cm³/mol. The lowest BCUT2D eigenvalue weighted by atomic mass is 9.63. The maximum atomic E-state index is 10.3. The molecule has 5 rings (SSSR count). The summed E-state index contributed by atoms with van der Waals surface area (Å²) in [5.74, 6) is -4.59. The van der Waals surface area contributed by atoms with Gasteiger partial charge in [-0.2, -0.15) is 0 Å². The molecule has 1 aliphatic heterocycles. The lowest BCUT2D eigenvalue weighted by Gasteiger charge is -2.54. The first-order valence-electron chi connectivity index (χ1n) is 13.7. The molecule has 5 N–H and O–H groups in total. The second kappa shape index (κ2) is 11.6. The van der Waals surface area contributed by atoms with E-state index in [1.165, 1.54) is 27.7 Å². The predicted octanol–water partition coefficient (Wildman–Crippen LogP) is 3.96. The zero-order valence-electron chi connectivity index (χ0n) is 23.6. The van der Waals surface area contributed by atoms with Crippen molar-refractivity contribution in [2.24, 2.45) is 5.92 Å². The molecule has 220 valence electrons. The van der Waals surface area contributed by atoms with Crippen LogP contribution in [-0.2, 0) is 36.7 Å². The summed E-state index contributed by atoms with van der Waals surface area (Å²) in [7, 11) is 4.46. The van der Waals surface area contributed by atoms with Crippen LogP contribution in [0.2, 0.25) is 0 Å². The molecule has 1 spiro atoms. The number of para-hydroxylation sites is 1. The number of aliphatic carboxylic acids is 3. The molecule has 10 heteroatoms. The van der Waals surface area contributed by atoms with Gasteiger partial charge < -0.3 is 30.1 Å². The number of carboxylic acid groups (broad SMARTS) is 3. The van der Waals surface area contributed by atoms with E-state index < -0.39 is 36.4 Å². The first-order valence-corrected chi connectivity index (χ1v) is 13.7. The highest BCUT2D eigenvalue weighted by Crippen LogP contribution is 2.55. The molecule has 1 saturated carbocycles. The average Bonchev–Trinajstić information content (AvgIpc) is 3.30. The summed E-state index contributed by atoms with van der Waals surface area (Å²) in [5.41, 5.74) is 2.63. The number of nitrogens with zero attached hydrogens (tertiary/aromatic N) is 1. The standard InChI is InChI=1S/C25H30N2O.C6H8O7/c1-18-17-24(27(2)3,19-9-5-4-6-10-19)14-15-25(18)23-21(13-16-28-25)20-11-7-8-12-22(20)26-23;7-3(8)1-6(13,5(11)12)2-4(9)10/h4-12,18,26H,13-17H2,1-3H3;13H,1-2H2,(H,7,8)(H,9,10)(H,11,12). The molecular formula is C31H38N2O8. The number of carboxylic acids is 3. The SMILES string of the molecule is CC1CC(c2ccccc2)(N(C)C)CCC12OCCc1c2[nH]c2ccccc12.O=C(O)CC(O)(CC(=O)O)C(=O)O. The number of aromatic amines is 1. The van der Waals surface area contributed by atoms with Crippen molar-refractivity contribution in [2.75, 3.05) is 20.7 Å². The van der Waals surface area contributed by atoms with Gasteiger partial charge in [0.05, 0.1) is 25.1 Å². The number of rotatable bonds is 7. The van der Waals surface area contributed by atoms with Crippen molar-refractivity contribution in [3.8, 4) is 0 Å². The van der Waals surface area contributed by atoms with E-state index in [0.717, 1.165) is 32.3 Å². The van der Waals surface area contributed by atoms with Crippen LogP contribution in [0.3, 0.4) is 0 Å². The zero-order valence-corrected chi connectivity index (χ0v) is 23.6. The Balaban J connectivity index is 0.000000254. The topological polar surface area (TPSA) is 160 Å². The van der Waals surface area contributed by atoms with Gasteiger partial charge in [0.2, 0.25) is 0 Å². The lowest BCUT2D eigenvalue weighted by Crippen LogP contribution is -2.54. The second-order valence-electron chi connectivity index (χ2n) is 11.4. The van der Waals surface area contributed by atoms with Crippen molar-refractivity contribution in [3.05, 3.63) is 71.4 Å². The van der Waals surface area contributed by atoms with Gasteiger partial charge in [-0.3, -0.25) is 14.5 Å². The van der Waals surface area contributed by atoms with Crippen LogP contribution < -0.4 is 0 Å². The quantitative estimate of drug-likeness (QED) is 0.285. The minimum absolute atomic E-state index is 0.0684. The molecule has 1 fully saturated rings. The van der Waals surface area contributed by atoms with E-state index in [1.807, 2.05) is 0 Å². The van der Waals surface area contributed by atoms with E-state index in [1.54, 1.807) is 0 Å². The number of aliphatic hydroxyl groups is 1. The van der Waals surface area contributed by atoms with Gasteiger partial charge in [-0.1, -0.05) is 55.5 Å². The second-order valence-corrected chi connectivity index (χ2v) is 11.4. The highest BCUT2D eigenvalue weighted by Gasteiger charge is 2.53. The average molecular weight is 567 g/mol. The third kappa shape index (κ3) is 5.72. The van der Waals surface area contributed by atoms with Gasteiger partial charge >= 0.3 is 17.9 Å². The molecule has 41 heavy (non-hydrogen) atoms. The Labute approximate surface area is 238 Å². The van der Waals surface area contributed by atoms with E-state index >= 15 is 0 Å². The molecule has 2 heterocycles. The molecule has 1 aliphatic carbocycles. The maximum Gasteiger partial charge on any atom is 0.336 e. The molecular weight excluding hydrogens is 528 g/mol. The monoisotopic (exact) mass is 566 g/mol. The van der Waals surface area contributed by atoms with Gasteiger partial charge in [0.15, 0.2) is 5.60 Å². The molecule has 2 aliphatic rings. The summed E-state index contributed by atoms with van der Waals surface area (Å²) < 4.78 is 6.63. The molecule has 3 unspecified atom stereocenters. The number of aromatic nitrogens is 1. The summed E-state index contributed by atoms with van der Waals surface area (Å²) in [5, 5.41) is 35.2. The van der Waals surface area contributed by atoms with E-state index in [2.05, 4.69) is 85.5 Å². The fourth-order valence-electron chi connectivity index (χ4n) is 6.62. The third-order valence-corrected chi connectivity index (χ3v) is 8.75. The van der Waals surface area contributed by atoms with Crippen molar-refractivity contribution in [3.63, 3.8) is 0 Å². The number of hydrogen-bond donors (Lipinski definition) is 5. The first-order chi connectivity index (χ1) is 19.3. The highest BCUT2D eigenvalue weighted by molar-refractivity contribution is 5.88. The minimum Gasteiger partial charge on any atom is -0.481 e. The number of benzene rings is 2. The van der Waals surface area contributed by atoms with Crippen LogP contribution in [0.4, 0.5) is 0 Å². The molecule has 0 bridgehead atoms. The van der Waals surface area contributed by atoms with Crippen molar-refractivity contribution >= 4 is 28.8 Å². The number of carbonyl (C=O) groups is 3. The largest absolute Gasteiger partial charge is 0.481 e. The van der Waals surface area contributed by atoms with Crippen LogP contribution in [0, 0.1) is 5.92 Å². The number of nitrogens with one attached hydrogen (secondary N) is 1. The Kier molecular flexibility index (Phi) is 8.58. The molecule has 10 nitrogen and oxygen atoms in total. The van der Waals surface area contributed by atoms with Crippen LogP contribution in [0.15, 0.2) is 54.6 Å².